The van der Waals surface area contributed by atoms with E-state index >= 15 is 0 Å². The van der Waals surface area contributed by atoms with Gasteiger partial charge in [-0.05, 0) is 48.6 Å². The van der Waals surface area contributed by atoms with Crippen LogP contribution < -0.4 is 5.32 Å². The molecule has 0 aliphatic rings. The van der Waals surface area contributed by atoms with Gasteiger partial charge < -0.3 is 14.8 Å². The van der Waals surface area contributed by atoms with Gasteiger partial charge in [0.2, 0.25) is 5.89 Å². The van der Waals surface area contributed by atoms with E-state index in [4.69, 9.17) is 26.7 Å². The standard InChI is InChI=1S/C25H18N4O3S/c30-24(31)17-10-12-18(13-11-17)26-15-29-25(33)32-23(28-29)20-14-22(16-6-2-1-3-7-16)27-21-9-5-4-8-19(20)21/h1-14,26H,15H2,(H,30,31). The molecule has 0 saturated heterocycles. The van der Waals surface area contributed by atoms with E-state index in [0.717, 1.165) is 33.4 Å². The number of fused-ring (bicyclic) bond motifs is 1. The van der Waals surface area contributed by atoms with Crippen molar-refractivity contribution in [2.45, 2.75) is 6.67 Å². The van der Waals surface area contributed by atoms with Gasteiger partial charge in [-0.1, -0.05) is 48.5 Å². The first-order chi connectivity index (χ1) is 16.1. The lowest BCUT2D eigenvalue weighted by atomic mass is 10.0. The number of aromatic carboxylic acids is 1. The SMILES string of the molecule is O=C(O)c1ccc(NCn2nc(-c3cc(-c4ccccc4)nc4ccccc34)oc2=S)cc1. The van der Waals surface area contributed by atoms with Gasteiger partial charge in [0.1, 0.15) is 6.67 Å². The summed E-state index contributed by atoms with van der Waals surface area (Å²) in [4.78, 5) is 16.0. The molecule has 3 aromatic carbocycles. The van der Waals surface area contributed by atoms with Gasteiger partial charge in [0, 0.05) is 16.6 Å². The van der Waals surface area contributed by atoms with Crippen molar-refractivity contribution < 1.29 is 14.3 Å². The van der Waals surface area contributed by atoms with Crippen LogP contribution in [0, 0.1) is 4.84 Å². The molecule has 0 unspecified atom stereocenters. The molecule has 0 bridgehead atoms. The van der Waals surface area contributed by atoms with Gasteiger partial charge in [-0.25, -0.2) is 14.5 Å². The largest absolute Gasteiger partial charge is 0.478 e. The lowest BCUT2D eigenvalue weighted by Gasteiger charge is -2.08. The number of benzene rings is 3. The third-order valence-corrected chi connectivity index (χ3v) is 5.48. The van der Waals surface area contributed by atoms with Crippen LogP contribution in [-0.2, 0) is 6.67 Å². The first-order valence-electron chi connectivity index (χ1n) is 10.2. The number of carboxylic acids is 1. The fourth-order valence-corrected chi connectivity index (χ4v) is 3.71. The van der Waals surface area contributed by atoms with E-state index in [1.807, 2.05) is 60.7 Å². The molecule has 0 aliphatic heterocycles. The number of nitrogens with zero attached hydrogens (tertiary/aromatic N) is 3. The second kappa shape index (κ2) is 8.68. The highest BCUT2D eigenvalue weighted by Crippen LogP contribution is 2.31. The first-order valence-corrected chi connectivity index (χ1v) is 10.6. The summed E-state index contributed by atoms with van der Waals surface area (Å²) in [6.07, 6.45) is 0. The van der Waals surface area contributed by atoms with Crippen molar-refractivity contribution in [3.05, 3.63) is 95.3 Å². The van der Waals surface area contributed by atoms with E-state index in [9.17, 15) is 4.79 Å². The van der Waals surface area contributed by atoms with Crippen LogP contribution in [0.3, 0.4) is 0 Å². The summed E-state index contributed by atoms with van der Waals surface area (Å²) in [6, 6.07) is 26.2. The fraction of sp³-hybridized carbons (Fsp3) is 0.0400. The Hall–Kier alpha value is -4.30. The minimum Gasteiger partial charge on any atom is -0.478 e. The van der Waals surface area contributed by atoms with Crippen molar-refractivity contribution in [3.63, 3.8) is 0 Å². The average molecular weight is 455 g/mol. The zero-order valence-electron chi connectivity index (χ0n) is 17.3. The van der Waals surface area contributed by atoms with Gasteiger partial charge in [0.05, 0.1) is 22.3 Å². The molecule has 0 atom stereocenters. The topological polar surface area (TPSA) is 93.2 Å². The summed E-state index contributed by atoms with van der Waals surface area (Å²) in [5.41, 5.74) is 4.41. The second-order valence-corrected chi connectivity index (χ2v) is 7.68. The number of carboxylic acid groups (broad SMARTS) is 1. The normalized spacial score (nSPS) is 10.9. The summed E-state index contributed by atoms with van der Waals surface area (Å²) in [5, 5.41) is 17.7. The first kappa shape index (κ1) is 20.6. The van der Waals surface area contributed by atoms with Gasteiger partial charge in [0.15, 0.2) is 0 Å². The smallest absolute Gasteiger partial charge is 0.335 e. The van der Waals surface area contributed by atoms with Crippen molar-refractivity contribution in [1.82, 2.24) is 14.8 Å². The molecule has 162 valence electrons. The molecule has 0 fully saturated rings. The summed E-state index contributed by atoms with van der Waals surface area (Å²) >= 11 is 5.39. The molecule has 7 nitrogen and oxygen atoms in total. The molecule has 33 heavy (non-hydrogen) atoms. The molecule has 0 aliphatic carbocycles. The number of nitrogens with one attached hydrogen (secondary N) is 1. The monoisotopic (exact) mass is 454 g/mol. The van der Waals surface area contributed by atoms with Crippen molar-refractivity contribution >= 4 is 34.8 Å². The number of hydrogen-bond acceptors (Lipinski definition) is 6. The van der Waals surface area contributed by atoms with Crippen LogP contribution in [0.25, 0.3) is 33.6 Å². The van der Waals surface area contributed by atoms with Crippen LogP contribution in [0.2, 0.25) is 0 Å². The van der Waals surface area contributed by atoms with Crippen LogP contribution in [0.4, 0.5) is 5.69 Å². The number of carbonyl (C=O) groups is 1. The molecular weight excluding hydrogens is 436 g/mol. The van der Waals surface area contributed by atoms with Crippen molar-refractivity contribution in [2.75, 3.05) is 5.32 Å². The van der Waals surface area contributed by atoms with E-state index < -0.39 is 5.97 Å². The highest BCUT2D eigenvalue weighted by atomic mass is 32.1. The Labute approximate surface area is 194 Å². The maximum atomic E-state index is 11.0. The molecule has 5 rings (SSSR count). The Morgan fingerprint density at radius 3 is 2.48 bits per heavy atom. The van der Waals surface area contributed by atoms with E-state index in [-0.39, 0.29) is 17.1 Å². The lowest BCUT2D eigenvalue weighted by Crippen LogP contribution is -2.09. The summed E-state index contributed by atoms with van der Waals surface area (Å²) < 4.78 is 7.41. The van der Waals surface area contributed by atoms with Gasteiger partial charge >= 0.3 is 5.97 Å². The maximum absolute atomic E-state index is 11.0. The van der Waals surface area contributed by atoms with Crippen LogP contribution >= 0.6 is 12.2 Å². The molecule has 0 amide bonds. The molecule has 8 heteroatoms. The quantitative estimate of drug-likeness (QED) is 0.311. The van der Waals surface area contributed by atoms with Gasteiger partial charge in [-0.3, -0.25) is 0 Å². The van der Waals surface area contributed by atoms with E-state index in [1.54, 1.807) is 16.8 Å². The Balaban J connectivity index is 1.49. The van der Waals surface area contributed by atoms with E-state index in [1.165, 1.54) is 12.1 Å². The van der Waals surface area contributed by atoms with Crippen molar-refractivity contribution in [1.29, 1.82) is 0 Å². The third kappa shape index (κ3) is 4.24. The van der Waals surface area contributed by atoms with Crippen molar-refractivity contribution in [2.24, 2.45) is 0 Å². The lowest BCUT2D eigenvalue weighted by molar-refractivity contribution is 0.0697. The summed E-state index contributed by atoms with van der Waals surface area (Å²) in [5.74, 6) is -0.567. The molecule has 0 saturated carbocycles. The average Bonchev–Trinajstić information content (AvgIpc) is 3.23. The summed E-state index contributed by atoms with van der Waals surface area (Å²) in [6.45, 7) is 0.267. The minimum absolute atomic E-state index is 0.222. The maximum Gasteiger partial charge on any atom is 0.335 e. The van der Waals surface area contributed by atoms with Gasteiger partial charge in [-0.15, -0.1) is 5.10 Å². The van der Waals surface area contributed by atoms with E-state index in [0.29, 0.717) is 5.89 Å². The number of rotatable bonds is 6. The predicted octanol–water partition coefficient (Wildman–Crippen LogP) is 5.86. The predicted molar refractivity (Wildman–Crippen MR) is 129 cm³/mol. The Bertz CT molecular complexity index is 1510. The van der Waals surface area contributed by atoms with Gasteiger partial charge in [-0.2, -0.15) is 0 Å². The number of pyridine rings is 1. The fourth-order valence-electron chi connectivity index (χ4n) is 3.52. The molecule has 2 aromatic heterocycles. The molecule has 2 heterocycles. The Kier molecular flexibility index (Phi) is 5.42. The number of hydrogen-bond donors (Lipinski definition) is 2. The molecule has 5 aromatic rings. The molecule has 0 spiro atoms. The van der Waals surface area contributed by atoms with Crippen LogP contribution in [0.1, 0.15) is 10.4 Å². The zero-order chi connectivity index (χ0) is 22.8. The highest BCUT2D eigenvalue weighted by Gasteiger charge is 2.15. The Morgan fingerprint density at radius 2 is 1.73 bits per heavy atom. The van der Waals surface area contributed by atoms with Crippen LogP contribution in [-0.4, -0.2) is 25.8 Å². The minimum atomic E-state index is -0.968. The summed E-state index contributed by atoms with van der Waals surface area (Å²) in [7, 11) is 0. The number of aromatic nitrogens is 3. The van der Waals surface area contributed by atoms with Crippen LogP contribution in [0.15, 0.2) is 89.3 Å². The number of para-hydroxylation sites is 1. The van der Waals surface area contributed by atoms with Crippen LogP contribution in [0.5, 0.6) is 0 Å². The number of anilines is 1. The highest BCUT2D eigenvalue weighted by molar-refractivity contribution is 7.71. The second-order valence-electron chi connectivity index (χ2n) is 7.33. The van der Waals surface area contributed by atoms with Gasteiger partial charge in [0.25, 0.3) is 4.84 Å². The third-order valence-electron chi connectivity index (χ3n) is 5.19. The van der Waals surface area contributed by atoms with E-state index in [2.05, 4.69) is 10.4 Å². The molecule has 0 radical (unpaired) electrons. The van der Waals surface area contributed by atoms with Crippen molar-refractivity contribution in [3.8, 4) is 22.7 Å². The molecular formula is C25H18N4O3S. The zero-order valence-corrected chi connectivity index (χ0v) is 18.1. The molecule has 2 N–H and O–H groups in total. The Morgan fingerprint density at radius 1 is 1.00 bits per heavy atom.